The first kappa shape index (κ1) is 25.6. The Morgan fingerprint density at radius 1 is 1.00 bits per heavy atom. The van der Waals surface area contributed by atoms with Crippen LogP contribution in [0.3, 0.4) is 0 Å². The number of carboxylic acids is 1. The van der Waals surface area contributed by atoms with Gasteiger partial charge in [0, 0.05) is 23.8 Å². The van der Waals surface area contributed by atoms with Crippen LogP contribution in [0.2, 0.25) is 0 Å². The first-order valence-electron chi connectivity index (χ1n) is 12.1. The van der Waals surface area contributed by atoms with E-state index in [-0.39, 0.29) is 25.0 Å². The molecule has 0 heterocycles. The van der Waals surface area contributed by atoms with Gasteiger partial charge in [-0.3, -0.25) is 4.79 Å². The van der Waals surface area contributed by atoms with Crippen LogP contribution in [-0.4, -0.2) is 48.1 Å². The summed E-state index contributed by atoms with van der Waals surface area (Å²) >= 11 is 1.58. The van der Waals surface area contributed by atoms with Crippen molar-refractivity contribution in [2.24, 2.45) is 0 Å². The Bertz CT molecular complexity index is 1180. The van der Waals surface area contributed by atoms with Crippen molar-refractivity contribution >= 4 is 23.8 Å². The molecule has 0 fully saturated rings. The summed E-state index contributed by atoms with van der Waals surface area (Å²) in [5.74, 6) is 0.614. The summed E-state index contributed by atoms with van der Waals surface area (Å²) in [5.41, 5.74) is 5.74. The summed E-state index contributed by atoms with van der Waals surface area (Å²) in [6.07, 6.45) is 0.352. The highest BCUT2D eigenvalue weighted by molar-refractivity contribution is 7.99. The second-order valence-corrected chi connectivity index (χ2v) is 9.77. The molecular formula is C29H31NO5S. The van der Waals surface area contributed by atoms with Gasteiger partial charge in [0.15, 0.2) is 0 Å². The van der Waals surface area contributed by atoms with Crippen LogP contribution in [0.1, 0.15) is 42.4 Å². The van der Waals surface area contributed by atoms with Crippen LogP contribution in [0.4, 0.5) is 4.79 Å². The average molecular weight is 506 g/mol. The fraction of sp³-hybridized carbons (Fsp3) is 0.310. The molecule has 188 valence electrons. The van der Waals surface area contributed by atoms with Gasteiger partial charge in [0.05, 0.1) is 13.7 Å². The van der Waals surface area contributed by atoms with Crippen molar-refractivity contribution < 1.29 is 24.2 Å². The summed E-state index contributed by atoms with van der Waals surface area (Å²) in [6, 6.07) is 22.3. The molecule has 0 atom stereocenters. The zero-order valence-corrected chi connectivity index (χ0v) is 21.4. The highest BCUT2D eigenvalue weighted by atomic mass is 32.2. The van der Waals surface area contributed by atoms with E-state index < -0.39 is 5.97 Å². The van der Waals surface area contributed by atoms with Gasteiger partial charge in [0.25, 0.3) is 0 Å². The minimum atomic E-state index is -0.797. The zero-order chi connectivity index (χ0) is 25.5. The maximum Gasteiger partial charge on any atom is 0.410 e. The molecule has 7 heteroatoms. The molecule has 36 heavy (non-hydrogen) atoms. The number of thioether (sulfide) groups is 1. The van der Waals surface area contributed by atoms with E-state index in [0.717, 1.165) is 16.2 Å². The molecule has 1 N–H and O–H groups in total. The quantitative estimate of drug-likeness (QED) is 0.239. The molecule has 1 amide bonds. The number of benzene rings is 3. The van der Waals surface area contributed by atoms with Gasteiger partial charge in [0.1, 0.15) is 12.4 Å². The molecule has 0 aromatic heterocycles. The number of amides is 1. The van der Waals surface area contributed by atoms with Crippen molar-refractivity contribution in [1.82, 2.24) is 4.90 Å². The summed E-state index contributed by atoms with van der Waals surface area (Å²) in [6.45, 7) is 3.12. The van der Waals surface area contributed by atoms with E-state index in [1.165, 1.54) is 22.3 Å². The van der Waals surface area contributed by atoms with Gasteiger partial charge in [-0.25, -0.2) is 4.79 Å². The minimum absolute atomic E-state index is 0.0152. The van der Waals surface area contributed by atoms with E-state index in [1.807, 2.05) is 49.4 Å². The highest BCUT2D eigenvalue weighted by Gasteiger charge is 2.29. The van der Waals surface area contributed by atoms with Gasteiger partial charge < -0.3 is 19.5 Å². The maximum absolute atomic E-state index is 13.1. The largest absolute Gasteiger partial charge is 0.497 e. The van der Waals surface area contributed by atoms with E-state index in [1.54, 1.807) is 23.8 Å². The van der Waals surface area contributed by atoms with E-state index in [9.17, 15) is 9.59 Å². The Kier molecular flexibility index (Phi) is 8.54. The Morgan fingerprint density at radius 3 is 2.28 bits per heavy atom. The fourth-order valence-corrected chi connectivity index (χ4v) is 5.55. The van der Waals surface area contributed by atoms with Crippen LogP contribution >= 0.6 is 11.8 Å². The molecular weight excluding hydrogens is 474 g/mol. The lowest BCUT2D eigenvalue weighted by molar-refractivity contribution is -0.137. The molecule has 1 aliphatic rings. The number of hydrogen-bond donors (Lipinski definition) is 1. The van der Waals surface area contributed by atoms with Crippen LogP contribution in [0.5, 0.6) is 5.75 Å². The number of methoxy groups -OCH3 is 1. The number of carboxylic acid groups (broad SMARTS) is 1. The Labute approximate surface area is 216 Å². The maximum atomic E-state index is 13.1. The third-order valence-electron chi connectivity index (χ3n) is 6.40. The zero-order valence-electron chi connectivity index (χ0n) is 20.6. The molecule has 0 saturated heterocycles. The molecule has 4 rings (SSSR count). The normalized spacial score (nSPS) is 12.1. The lowest BCUT2D eigenvalue weighted by Gasteiger charge is -2.23. The minimum Gasteiger partial charge on any atom is -0.497 e. The summed E-state index contributed by atoms with van der Waals surface area (Å²) < 4.78 is 11.2. The summed E-state index contributed by atoms with van der Waals surface area (Å²) in [5, 5.41) is 8.91. The number of nitrogens with zero attached hydrogens (tertiary/aromatic N) is 1. The third-order valence-corrected chi connectivity index (χ3v) is 7.59. The monoisotopic (exact) mass is 505 g/mol. The lowest BCUT2D eigenvalue weighted by atomic mass is 9.98. The van der Waals surface area contributed by atoms with Crippen molar-refractivity contribution in [2.75, 3.05) is 26.0 Å². The number of carbonyl (C=O) groups excluding carboxylic acids is 1. The van der Waals surface area contributed by atoms with Crippen LogP contribution < -0.4 is 4.74 Å². The lowest BCUT2D eigenvalue weighted by Crippen LogP contribution is -2.32. The second-order valence-electron chi connectivity index (χ2n) is 8.64. The Morgan fingerprint density at radius 2 is 1.67 bits per heavy atom. The number of fused-ring (bicyclic) bond motifs is 3. The molecule has 3 aromatic rings. The van der Waals surface area contributed by atoms with Gasteiger partial charge >= 0.3 is 12.1 Å². The topological polar surface area (TPSA) is 76.1 Å². The van der Waals surface area contributed by atoms with E-state index in [0.29, 0.717) is 25.3 Å². The number of rotatable bonds is 11. The fourth-order valence-electron chi connectivity index (χ4n) is 4.53. The Balaban J connectivity index is 1.44. The highest BCUT2D eigenvalue weighted by Crippen LogP contribution is 2.44. The third kappa shape index (κ3) is 5.85. The molecule has 0 saturated carbocycles. The SMILES string of the molecule is CCN(Cc1ccc(OC)cc1SCCCC(=O)O)C(=O)OCC1c2ccccc2-c2ccccc21. The van der Waals surface area contributed by atoms with Crippen molar-refractivity contribution in [3.63, 3.8) is 0 Å². The number of hydrogen-bond acceptors (Lipinski definition) is 5. The number of ether oxygens (including phenoxy) is 2. The van der Waals surface area contributed by atoms with Gasteiger partial charge in [-0.1, -0.05) is 54.6 Å². The van der Waals surface area contributed by atoms with E-state index in [4.69, 9.17) is 14.6 Å². The van der Waals surface area contributed by atoms with Crippen LogP contribution in [-0.2, 0) is 16.1 Å². The van der Waals surface area contributed by atoms with Gasteiger partial charge in [-0.15, -0.1) is 11.8 Å². The van der Waals surface area contributed by atoms with Crippen molar-refractivity contribution in [1.29, 1.82) is 0 Å². The van der Waals surface area contributed by atoms with Crippen molar-refractivity contribution in [3.05, 3.63) is 83.4 Å². The van der Waals surface area contributed by atoms with Gasteiger partial charge in [-0.05, 0) is 59.0 Å². The summed E-state index contributed by atoms with van der Waals surface area (Å²) in [4.78, 5) is 26.6. The van der Waals surface area contributed by atoms with Crippen LogP contribution in [0.25, 0.3) is 11.1 Å². The second kappa shape index (κ2) is 12.0. The molecule has 1 aliphatic carbocycles. The van der Waals surface area contributed by atoms with Gasteiger partial charge in [-0.2, -0.15) is 0 Å². The number of carbonyl (C=O) groups is 2. The average Bonchev–Trinajstić information content (AvgIpc) is 3.22. The first-order valence-corrected chi connectivity index (χ1v) is 13.1. The van der Waals surface area contributed by atoms with Crippen molar-refractivity contribution in [2.45, 2.75) is 37.1 Å². The molecule has 6 nitrogen and oxygen atoms in total. The molecule has 3 aromatic carbocycles. The standard InChI is InChI=1S/C29H31NO5S/c1-3-30(18-20-14-15-21(34-2)17-27(20)36-16-8-13-28(31)32)29(33)35-19-26-24-11-6-4-9-22(24)23-10-5-7-12-25(23)26/h4-7,9-12,14-15,17,26H,3,8,13,16,18-19H2,1-2H3,(H,31,32). The van der Waals surface area contributed by atoms with Crippen molar-refractivity contribution in [3.8, 4) is 16.9 Å². The molecule has 0 unspecified atom stereocenters. The first-order chi connectivity index (χ1) is 17.5. The van der Waals surface area contributed by atoms with E-state index >= 15 is 0 Å². The molecule has 0 spiro atoms. The van der Waals surface area contributed by atoms with Crippen LogP contribution in [0, 0.1) is 0 Å². The predicted octanol–water partition coefficient (Wildman–Crippen LogP) is 6.42. The number of aliphatic carboxylic acids is 1. The van der Waals surface area contributed by atoms with Crippen LogP contribution in [0.15, 0.2) is 71.6 Å². The Hall–Kier alpha value is -3.45. The predicted molar refractivity (Wildman–Crippen MR) is 142 cm³/mol. The molecule has 0 radical (unpaired) electrons. The van der Waals surface area contributed by atoms with Gasteiger partial charge in [0.2, 0.25) is 0 Å². The molecule has 0 bridgehead atoms. The molecule has 0 aliphatic heterocycles. The van der Waals surface area contributed by atoms with E-state index in [2.05, 4.69) is 24.3 Å². The summed E-state index contributed by atoms with van der Waals surface area (Å²) in [7, 11) is 1.61. The smallest absolute Gasteiger partial charge is 0.410 e.